The fourth-order valence-electron chi connectivity index (χ4n) is 1.95. The molecule has 0 amide bonds. The Morgan fingerprint density at radius 2 is 1.76 bits per heavy atom. The van der Waals surface area contributed by atoms with Gasteiger partial charge in [-0.05, 0) is 50.8 Å². The van der Waals surface area contributed by atoms with Gasteiger partial charge in [0, 0.05) is 0 Å². The lowest BCUT2D eigenvalue weighted by Crippen LogP contribution is -2.00. The van der Waals surface area contributed by atoms with Crippen molar-refractivity contribution in [2.75, 3.05) is 6.61 Å². The van der Waals surface area contributed by atoms with E-state index in [1.807, 2.05) is 12.1 Å². The van der Waals surface area contributed by atoms with E-state index in [1.165, 1.54) is 29.6 Å². The second-order valence-corrected chi connectivity index (χ2v) is 4.79. The summed E-state index contributed by atoms with van der Waals surface area (Å²) in [5.74, 6) is 0.960. The second kappa shape index (κ2) is 5.72. The molecule has 1 aromatic carbocycles. The average molecular weight is 228 g/mol. The molecule has 0 heterocycles. The van der Waals surface area contributed by atoms with Crippen LogP contribution in [0.5, 0.6) is 5.75 Å². The topological polar surface area (TPSA) is 9.23 Å². The van der Waals surface area contributed by atoms with Gasteiger partial charge in [-0.2, -0.15) is 0 Å². The molecule has 0 aliphatic heterocycles. The molecule has 1 aromatic rings. The Hall–Kier alpha value is -1.50. The van der Waals surface area contributed by atoms with Crippen molar-refractivity contribution < 1.29 is 4.74 Å². The van der Waals surface area contributed by atoms with E-state index in [0.29, 0.717) is 6.61 Å². The third kappa shape index (κ3) is 3.77. The van der Waals surface area contributed by atoms with Gasteiger partial charge in [0.2, 0.25) is 0 Å². The van der Waals surface area contributed by atoms with E-state index in [-0.39, 0.29) is 0 Å². The van der Waals surface area contributed by atoms with Crippen molar-refractivity contribution in [3.8, 4) is 5.75 Å². The first kappa shape index (κ1) is 12.0. The van der Waals surface area contributed by atoms with E-state index in [0.717, 1.165) is 12.2 Å². The number of ether oxygens (including phenoxy) is 1. The molecular formula is C16H20O. The summed E-state index contributed by atoms with van der Waals surface area (Å²) in [5.41, 5.74) is 4.13. The van der Waals surface area contributed by atoms with Crippen molar-refractivity contribution in [1.82, 2.24) is 0 Å². The number of hydrogen-bond acceptors (Lipinski definition) is 1. The molecule has 17 heavy (non-hydrogen) atoms. The van der Waals surface area contributed by atoms with E-state index < -0.39 is 0 Å². The standard InChI is InChI=1S/C16H20O/c1-13-4-3-5-15(9-6-13)12-17-16-10-7-14(2)8-11-16/h6-11H,3-5,12H2,1-2H3. The summed E-state index contributed by atoms with van der Waals surface area (Å²) in [6.45, 7) is 5.00. The number of aryl methyl sites for hydroxylation is 1. The first-order chi connectivity index (χ1) is 8.24. The summed E-state index contributed by atoms with van der Waals surface area (Å²) in [6.07, 6.45) is 8.05. The fourth-order valence-corrected chi connectivity index (χ4v) is 1.95. The maximum absolute atomic E-state index is 5.79. The average Bonchev–Trinajstić information content (AvgIpc) is 2.54. The highest BCUT2D eigenvalue weighted by molar-refractivity contribution is 5.27. The van der Waals surface area contributed by atoms with Gasteiger partial charge in [-0.1, -0.05) is 35.4 Å². The van der Waals surface area contributed by atoms with Crippen molar-refractivity contribution in [3.05, 3.63) is 53.1 Å². The Labute approximate surface area is 104 Å². The van der Waals surface area contributed by atoms with Gasteiger partial charge in [-0.25, -0.2) is 0 Å². The summed E-state index contributed by atoms with van der Waals surface area (Å²) in [5, 5.41) is 0. The fraction of sp³-hybridized carbons (Fsp3) is 0.375. The van der Waals surface area contributed by atoms with Crippen LogP contribution in [0.15, 0.2) is 47.6 Å². The van der Waals surface area contributed by atoms with Crippen LogP contribution in [0.1, 0.15) is 31.7 Å². The molecule has 0 aromatic heterocycles. The summed E-state index contributed by atoms with van der Waals surface area (Å²) in [7, 11) is 0. The lowest BCUT2D eigenvalue weighted by Gasteiger charge is -2.08. The lowest BCUT2D eigenvalue weighted by molar-refractivity contribution is 0.347. The predicted molar refractivity (Wildman–Crippen MR) is 72.4 cm³/mol. The van der Waals surface area contributed by atoms with E-state index in [4.69, 9.17) is 4.74 Å². The quantitative estimate of drug-likeness (QED) is 0.743. The number of hydrogen-bond donors (Lipinski definition) is 0. The SMILES string of the molecule is CC1=CC=C(COc2ccc(C)cc2)CCC1. The Bertz CT molecular complexity index is 423. The number of benzene rings is 1. The van der Waals surface area contributed by atoms with Crippen LogP contribution in [0.4, 0.5) is 0 Å². The molecule has 1 aliphatic rings. The van der Waals surface area contributed by atoms with Crippen molar-refractivity contribution >= 4 is 0 Å². The van der Waals surface area contributed by atoms with Crippen LogP contribution in [-0.2, 0) is 0 Å². The second-order valence-electron chi connectivity index (χ2n) is 4.79. The zero-order valence-electron chi connectivity index (χ0n) is 10.7. The predicted octanol–water partition coefficient (Wildman–Crippen LogP) is 4.43. The molecular weight excluding hydrogens is 208 g/mol. The maximum atomic E-state index is 5.79. The smallest absolute Gasteiger partial charge is 0.119 e. The molecule has 0 saturated heterocycles. The minimum atomic E-state index is 0.715. The van der Waals surface area contributed by atoms with Gasteiger partial charge in [0.25, 0.3) is 0 Å². The van der Waals surface area contributed by atoms with Crippen molar-refractivity contribution in [2.24, 2.45) is 0 Å². The molecule has 1 aliphatic carbocycles. The minimum absolute atomic E-state index is 0.715. The summed E-state index contributed by atoms with van der Waals surface area (Å²) < 4.78 is 5.79. The van der Waals surface area contributed by atoms with Crippen LogP contribution in [0.25, 0.3) is 0 Å². The third-order valence-electron chi connectivity index (χ3n) is 3.12. The van der Waals surface area contributed by atoms with Gasteiger partial charge in [-0.15, -0.1) is 0 Å². The third-order valence-corrected chi connectivity index (χ3v) is 3.12. The van der Waals surface area contributed by atoms with E-state index in [2.05, 4.69) is 38.1 Å². The first-order valence-electron chi connectivity index (χ1n) is 6.29. The van der Waals surface area contributed by atoms with Crippen LogP contribution in [0.3, 0.4) is 0 Å². The molecule has 0 spiro atoms. The first-order valence-corrected chi connectivity index (χ1v) is 6.29. The van der Waals surface area contributed by atoms with Crippen molar-refractivity contribution in [3.63, 3.8) is 0 Å². The molecule has 0 bridgehead atoms. The summed E-state index contributed by atoms with van der Waals surface area (Å²) in [6, 6.07) is 8.24. The lowest BCUT2D eigenvalue weighted by atomic mass is 10.1. The van der Waals surface area contributed by atoms with Gasteiger partial charge in [0.15, 0.2) is 0 Å². The Morgan fingerprint density at radius 3 is 2.53 bits per heavy atom. The van der Waals surface area contributed by atoms with Crippen LogP contribution in [0.2, 0.25) is 0 Å². The normalized spacial score (nSPS) is 15.9. The highest BCUT2D eigenvalue weighted by Crippen LogP contribution is 2.19. The molecule has 0 radical (unpaired) electrons. The summed E-state index contributed by atoms with van der Waals surface area (Å²) in [4.78, 5) is 0. The molecule has 0 unspecified atom stereocenters. The highest BCUT2D eigenvalue weighted by Gasteiger charge is 2.03. The van der Waals surface area contributed by atoms with Crippen LogP contribution in [0, 0.1) is 6.92 Å². The Morgan fingerprint density at radius 1 is 1.00 bits per heavy atom. The maximum Gasteiger partial charge on any atom is 0.119 e. The van der Waals surface area contributed by atoms with E-state index in [9.17, 15) is 0 Å². The largest absolute Gasteiger partial charge is 0.489 e. The molecule has 0 N–H and O–H groups in total. The molecule has 1 heteroatoms. The van der Waals surface area contributed by atoms with Crippen molar-refractivity contribution in [1.29, 1.82) is 0 Å². The van der Waals surface area contributed by atoms with E-state index >= 15 is 0 Å². The summed E-state index contributed by atoms with van der Waals surface area (Å²) >= 11 is 0. The molecule has 0 fully saturated rings. The van der Waals surface area contributed by atoms with Gasteiger partial charge in [0.05, 0.1) is 0 Å². The van der Waals surface area contributed by atoms with Crippen LogP contribution >= 0.6 is 0 Å². The van der Waals surface area contributed by atoms with Crippen LogP contribution in [-0.4, -0.2) is 6.61 Å². The Kier molecular flexibility index (Phi) is 4.03. The van der Waals surface area contributed by atoms with Gasteiger partial charge < -0.3 is 4.74 Å². The van der Waals surface area contributed by atoms with Gasteiger partial charge in [0.1, 0.15) is 12.4 Å². The minimum Gasteiger partial charge on any atom is -0.489 e. The van der Waals surface area contributed by atoms with Gasteiger partial charge in [-0.3, -0.25) is 0 Å². The number of rotatable bonds is 3. The molecule has 0 saturated carbocycles. The Balaban J connectivity index is 1.91. The zero-order valence-corrected chi connectivity index (χ0v) is 10.7. The number of allylic oxidation sites excluding steroid dienone is 3. The van der Waals surface area contributed by atoms with Gasteiger partial charge >= 0.3 is 0 Å². The highest BCUT2D eigenvalue weighted by atomic mass is 16.5. The van der Waals surface area contributed by atoms with E-state index in [1.54, 1.807) is 0 Å². The molecule has 0 atom stereocenters. The molecule has 1 nitrogen and oxygen atoms in total. The zero-order chi connectivity index (χ0) is 12.1. The monoisotopic (exact) mass is 228 g/mol. The van der Waals surface area contributed by atoms with Crippen molar-refractivity contribution in [2.45, 2.75) is 33.1 Å². The molecule has 2 rings (SSSR count). The van der Waals surface area contributed by atoms with Crippen LogP contribution < -0.4 is 4.74 Å². The molecule has 90 valence electrons.